The van der Waals surface area contributed by atoms with Gasteiger partial charge in [0, 0.05) is 6.54 Å². The molecule has 0 saturated carbocycles. The fourth-order valence-corrected chi connectivity index (χ4v) is 2.79. The van der Waals surface area contributed by atoms with Crippen LogP contribution in [0.1, 0.15) is 32.8 Å². The molecule has 5 heteroatoms. The zero-order valence-corrected chi connectivity index (χ0v) is 13.4. The fourth-order valence-electron chi connectivity index (χ4n) is 1.63. The minimum atomic E-state index is -3.55. The summed E-state index contributed by atoms with van der Waals surface area (Å²) in [7, 11) is -3.55. The van der Waals surface area contributed by atoms with Gasteiger partial charge in [0.25, 0.3) is 0 Å². The van der Waals surface area contributed by atoms with Crippen LogP contribution >= 0.6 is 0 Å². The minimum absolute atomic E-state index is 0.114. The molecule has 0 aromatic heterocycles. The van der Waals surface area contributed by atoms with Gasteiger partial charge in [0.15, 0.2) is 9.84 Å². The van der Waals surface area contributed by atoms with E-state index in [1.54, 1.807) is 12.1 Å². The number of sulfone groups is 1. The number of carbonyl (C=O) groups is 1. The molecule has 1 N–H and O–H groups in total. The van der Waals surface area contributed by atoms with Crippen LogP contribution in [0, 0.1) is 12.3 Å². The monoisotopic (exact) mass is 297 g/mol. The Bertz CT molecular complexity index is 554. The molecule has 0 bridgehead atoms. The van der Waals surface area contributed by atoms with Crippen molar-refractivity contribution >= 4 is 15.7 Å². The van der Waals surface area contributed by atoms with Crippen LogP contribution in [0.2, 0.25) is 0 Å². The molecule has 20 heavy (non-hydrogen) atoms. The normalized spacial score (nSPS) is 12.2. The Morgan fingerprint density at radius 2 is 1.70 bits per heavy atom. The minimum Gasteiger partial charge on any atom is -0.355 e. The second kappa shape index (κ2) is 6.39. The van der Waals surface area contributed by atoms with E-state index in [9.17, 15) is 13.2 Å². The van der Waals surface area contributed by atoms with Crippen LogP contribution in [0.15, 0.2) is 29.2 Å². The van der Waals surface area contributed by atoms with Crippen molar-refractivity contribution in [1.29, 1.82) is 0 Å². The maximum absolute atomic E-state index is 12.1. The molecule has 0 radical (unpaired) electrons. The molecule has 0 spiro atoms. The molecular weight excluding hydrogens is 274 g/mol. The average molecular weight is 297 g/mol. The van der Waals surface area contributed by atoms with E-state index in [0.29, 0.717) is 6.54 Å². The van der Waals surface area contributed by atoms with Gasteiger partial charge in [-0.25, -0.2) is 8.42 Å². The Kier molecular flexibility index (Phi) is 5.34. The Labute approximate surface area is 121 Å². The maximum atomic E-state index is 12.1. The summed E-state index contributed by atoms with van der Waals surface area (Å²) >= 11 is 0. The van der Waals surface area contributed by atoms with E-state index in [-0.39, 0.29) is 10.3 Å². The number of hydrogen-bond donors (Lipinski definition) is 1. The molecule has 0 aliphatic carbocycles. The molecule has 112 valence electrons. The van der Waals surface area contributed by atoms with Crippen molar-refractivity contribution in [2.75, 3.05) is 12.3 Å². The molecule has 0 aliphatic rings. The molecule has 0 atom stereocenters. The molecule has 1 aromatic rings. The van der Waals surface area contributed by atoms with Crippen molar-refractivity contribution in [3.05, 3.63) is 29.8 Å². The zero-order chi connectivity index (χ0) is 15.4. The highest BCUT2D eigenvalue weighted by atomic mass is 32.2. The van der Waals surface area contributed by atoms with Crippen LogP contribution in [-0.4, -0.2) is 26.6 Å². The first-order valence-corrected chi connectivity index (χ1v) is 8.31. The molecule has 1 aromatic carbocycles. The van der Waals surface area contributed by atoms with Crippen molar-refractivity contribution < 1.29 is 13.2 Å². The maximum Gasteiger partial charge on any atom is 0.235 e. The Morgan fingerprint density at radius 1 is 1.15 bits per heavy atom. The van der Waals surface area contributed by atoms with E-state index >= 15 is 0 Å². The topological polar surface area (TPSA) is 63.2 Å². The Balaban J connectivity index is 2.58. The highest BCUT2D eigenvalue weighted by Crippen LogP contribution is 2.17. The van der Waals surface area contributed by atoms with Crippen LogP contribution in [0.4, 0.5) is 0 Å². The summed E-state index contributed by atoms with van der Waals surface area (Å²) in [6, 6.07) is 6.52. The standard InChI is InChI=1S/C15H23NO3S/c1-12-5-7-13(8-6-12)20(18,19)11-14(17)16-10-9-15(2,3)4/h5-8H,9-11H2,1-4H3,(H,16,17). The summed E-state index contributed by atoms with van der Waals surface area (Å²) in [6.45, 7) is 8.59. The zero-order valence-electron chi connectivity index (χ0n) is 12.6. The first kappa shape index (κ1) is 16.7. The summed E-state index contributed by atoms with van der Waals surface area (Å²) in [4.78, 5) is 11.9. The Morgan fingerprint density at radius 3 is 2.20 bits per heavy atom. The highest BCUT2D eigenvalue weighted by molar-refractivity contribution is 7.92. The molecule has 0 unspecified atom stereocenters. The van der Waals surface area contributed by atoms with Gasteiger partial charge in [-0.15, -0.1) is 0 Å². The van der Waals surface area contributed by atoms with E-state index in [4.69, 9.17) is 0 Å². The first-order valence-electron chi connectivity index (χ1n) is 6.66. The highest BCUT2D eigenvalue weighted by Gasteiger charge is 2.19. The number of rotatable bonds is 5. The van der Waals surface area contributed by atoms with Crippen LogP contribution < -0.4 is 5.32 Å². The number of hydrogen-bond acceptors (Lipinski definition) is 3. The van der Waals surface area contributed by atoms with Gasteiger partial charge in [0.05, 0.1) is 4.90 Å². The summed E-state index contributed by atoms with van der Waals surface area (Å²) in [5, 5.41) is 2.66. The smallest absolute Gasteiger partial charge is 0.235 e. The predicted octanol–water partition coefficient (Wildman–Crippen LogP) is 2.32. The fraction of sp³-hybridized carbons (Fsp3) is 0.533. The summed E-state index contributed by atoms with van der Waals surface area (Å²) in [5.41, 5.74) is 1.10. The van der Waals surface area contributed by atoms with E-state index in [0.717, 1.165) is 12.0 Å². The van der Waals surface area contributed by atoms with Crippen molar-refractivity contribution in [1.82, 2.24) is 5.32 Å². The third-order valence-electron chi connectivity index (χ3n) is 2.90. The molecule has 0 fully saturated rings. The van der Waals surface area contributed by atoms with E-state index in [1.165, 1.54) is 12.1 Å². The number of nitrogens with one attached hydrogen (secondary N) is 1. The van der Waals surface area contributed by atoms with Gasteiger partial charge in [-0.3, -0.25) is 4.79 Å². The van der Waals surface area contributed by atoms with E-state index in [2.05, 4.69) is 26.1 Å². The van der Waals surface area contributed by atoms with Crippen molar-refractivity contribution in [3.63, 3.8) is 0 Å². The molecule has 1 amide bonds. The van der Waals surface area contributed by atoms with Gasteiger partial charge in [0.2, 0.25) is 5.91 Å². The van der Waals surface area contributed by atoms with Gasteiger partial charge in [-0.1, -0.05) is 38.5 Å². The van der Waals surface area contributed by atoms with Gasteiger partial charge < -0.3 is 5.32 Å². The van der Waals surface area contributed by atoms with E-state index < -0.39 is 21.5 Å². The largest absolute Gasteiger partial charge is 0.355 e. The SMILES string of the molecule is Cc1ccc(S(=O)(=O)CC(=O)NCCC(C)(C)C)cc1. The molecule has 0 aliphatic heterocycles. The van der Waals surface area contributed by atoms with Gasteiger partial charge in [0.1, 0.15) is 5.75 Å². The van der Waals surface area contributed by atoms with Gasteiger partial charge >= 0.3 is 0 Å². The lowest BCUT2D eigenvalue weighted by atomic mass is 9.92. The molecular formula is C15H23NO3S. The molecule has 0 saturated heterocycles. The molecule has 1 rings (SSSR count). The lowest BCUT2D eigenvalue weighted by Crippen LogP contribution is -2.32. The average Bonchev–Trinajstić information content (AvgIpc) is 2.26. The number of carbonyl (C=O) groups excluding carboxylic acids is 1. The number of amides is 1. The van der Waals surface area contributed by atoms with Crippen LogP contribution in [0.5, 0.6) is 0 Å². The predicted molar refractivity (Wildman–Crippen MR) is 80.3 cm³/mol. The molecule has 4 nitrogen and oxygen atoms in total. The first-order chi connectivity index (χ1) is 9.10. The third kappa shape index (κ3) is 5.74. The number of benzene rings is 1. The van der Waals surface area contributed by atoms with Gasteiger partial charge in [-0.05, 0) is 30.9 Å². The molecule has 0 heterocycles. The third-order valence-corrected chi connectivity index (χ3v) is 4.53. The lowest BCUT2D eigenvalue weighted by molar-refractivity contribution is -0.118. The van der Waals surface area contributed by atoms with Crippen molar-refractivity contribution in [2.45, 2.75) is 39.0 Å². The summed E-state index contributed by atoms with van der Waals surface area (Å²) in [6.07, 6.45) is 0.809. The van der Waals surface area contributed by atoms with Crippen LogP contribution in [0.3, 0.4) is 0 Å². The number of aryl methyl sites for hydroxylation is 1. The van der Waals surface area contributed by atoms with Crippen LogP contribution in [-0.2, 0) is 14.6 Å². The summed E-state index contributed by atoms with van der Waals surface area (Å²) in [5.74, 6) is -0.949. The lowest BCUT2D eigenvalue weighted by Gasteiger charge is -2.18. The van der Waals surface area contributed by atoms with Crippen LogP contribution in [0.25, 0.3) is 0 Å². The second-order valence-corrected chi connectivity index (χ2v) is 8.22. The quantitative estimate of drug-likeness (QED) is 0.907. The van der Waals surface area contributed by atoms with Gasteiger partial charge in [-0.2, -0.15) is 0 Å². The van der Waals surface area contributed by atoms with Crippen molar-refractivity contribution in [2.24, 2.45) is 5.41 Å². The second-order valence-electron chi connectivity index (χ2n) is 6.23. The van der Waals surface area contributed by atoms with Crippen molar-refractivity contribution in [3.8, 4) is 0 Å². The van der Waals surface area contributed by atoms with E-state index in [1.807, 2.05) is 6.92 Å². The summed E-state index contributed by atoms with van der Waals surface area (Å²) < 4.78 is 24.1. The Hall–Kier alpha value is -1.36.